The van der Waals surface area contributed by atoms with Crippen LogP contribution in [0.4, 0.5) is 0 Å². The van der Waals surface area contributed by atoms with Crippen molar-refractivity contribution in [1.29, 1.82) is 0 Å². The van der Waals surface area contributed by atoms with E-state index in [9.17, 15) is 9.59 Å². The Morgan fingerprint density at radius 1 is 1.04 bits per heavy atom. The molecule has 1 aromatic rings. The highest BCUT2D eigenvalue weighted by molar-refractivity contribution is 6.30. The highest BCUT2D eigenvalue weighted by atomic mass is 35.5. The molecule has 0 aliphatic rings. The van der Waals surface area contributed by atoms with Crippen molar-refractivity contribution in [2.75, 3.05) is 19.6 Å². The van der Waals surface area contributed by atoms with Gasteiger partial charge in [0.25, 0.3) is 0 Å². The van der Waals surface area contributed by atoms with E-state index >= 15 is 0 Å². The predicted molar refractivity (Wildman–Crippen MR) is 93.4 cm³/mol. The standard InChI is InChI=1S/C17H26ClN3O2/c1-5-21(10-16(22)19-12(2)3)11-17(23)20-13(4)14-6-8-15(18)9-7-14/h6-9,12-13H,5,10-11H2,1-4H3,(H,19,22)(H,20,23)/t13-/m1/s1. The van der Waals surface area contributed by atoms with Gasteiger partial charge in [0.1, 0.15) is 0 Å². The minimum atomic E-state index is -0.108. The number of halogens is 1. The van der Waals surface area contributed by atoms with E-state index < -0.39 is 0 Å². The Bertz CT molecular complexity index is 517. The van der Waals surface area contributed by atoms with Crippen LogP contribution < -0.4 is 10.6 Å². The van der Waals surface area contributed by atoms with E-state index in [2.05, 4.69) is 10.6 Å². The van der Waals surface area contributed by atoms with Gasteiger partial charge in [-0.05, 0) is 45.0 Å². The predicted octanol–water partition coefficient (Wildman–Crippen LogP) is 2.36. The van der Waals surface area contributed by atoms with Gasteiger partial charge in [-0.15, -0.1) is 0 Å². The molecule has 5 nitrogen and oxygen atoms in total. The molecule has 0 saturated carbocycles. The van der Waals surface area contributed by atoms with Crippen molar-refractivity contribution in [3.05, 3.63) is 34.9 Å². The van der Waals surface area contributed by atoms with Gasteiger partial charge in [-0.2, -0.15) is 0 Å². The number of nitrogens with zero attached hydrogens (tertiary/aromatic N) is 1. The molecule has 1 rings (SSSR count). The van der Waals surface area contributed by atoms with Crippen LogP contribution >= 0.6 is 11.6 Å². The van der Waals surface area contributed by atoms with Gasteiger partial charge in [0.15, 0.2) is 0 Å². The first-order chi connectivity index (χ1) is 10.8. The lowest BCUT2D eigenvalue weighted by atomic mass is 10.1. The van der Waals surface area contributed by atoms with Crippen molar-refractivity contribution in [1.82, 2.24) is 15.5 Å². The van der Waals surface area contributed by atoms with Crippen LogP contribution in [0.2, 0.25) is 5.02 Å². The largest absolute Gasteiger partial charge is 0.353 e. The summed E-state index contributed by atoms with van der Waals surface area (Å²) in [5.41, 5.74) is 0.989. The van der Waals surface area contributed by atoms with Crippen LogP contribution in [0.3, 0.4) is 0 Å². The Morgan fingerprint density at radius 2 is 1.57 bits per heavy atom. The average molecular weight is 340 g/mol. The van der Waals surface area contributed by atoms with E-state index in [4.69, 9.17) is 11.6 Å². The van der Waals surface area contributed by atoms with Crippen LogP contribution in [0.15, 0.2) is 24.3 Å². The molecular formula is C17H26ClN3O2. The maximum Gasteiger partial charge on any atom is 0.234 e. The number of nitrogens with one attached hydrogen (secondary N) is 2. The molecule has 0 heterocycles. The van der Waals surface area contributed by atoms with Crippen LogP contribution in [-0.4, -0.2) is 42.4 Å². The summed E-state index contributed by atoms with van der Waals surface area (Å²) in [4.78, 5) is 25.7. The van der Waals surface area contributed by atoms with Crippen LogP contribution in [0, 0.1) is 0 Å². The molecular weight excluding hydrogens is 314 g/mol. The van der Waals surface area contributed by atoms with Gasteiger partial charge in [0.2, 0.25) is 11.8 Å². The zero-order valence-corrected chi connectivity index (χ0v) is 15.0. The first kappa shape index (κ1) is 19.5. The summed E-state index contributed by atoms with van der Waals surface area (Å²) in [6, 6.07) is 7.37. The van der Waals surface area contributed by atoms with Crippen molar-refractivity contribution in [3.63, 3.8) is 0 Å². The average Bonchev–Trinajstić information content (AvgIpc) is 2.46. The lowest BCUT2D eigenvalue weighted by molar-refractivity contribution is -0.125. The molecule has 2 amide bonds. The molecule has 2 N–H and O–H groups in total. The van der Waals surface area contributed by atoms with E-state index in [1.807, 2.05) is 44.7 Å². The van der Waals surface area contributed by atoms with E-state index in [-0.39, 0.29) is 37.0 Å². The molecule has 0 unspecified atom stereocenters. The van der Waals surface area contributed by atoms with Gasteiger partial charge in [0.05, 0.1) is 19.1 Å². The number of rotatable bonds is 8. The number of carbonyl (C=O) groups is 2. The molecule has 128 valence electrons. The van der Waals surface area contributed by atoms with Gasteiger partial charge >= 0.3 is 0 Å². The van der Waals surface area contributed by atoms with Crippen molar-refractivity contribution < 1.29 is 9.59 Å². The summed E-state index contributed by atoms with van der Waals surface area (Å²) in [5.74, 6) is -0.174. The van der Waals surface area contributed by atoms with Crippen molar-refractivity contribution in [2.24, 2.45) is 0 Å². The van der Waals surface area contributed by atoms with Gasteiger partial charge in [-0.25, -0.2) is 0 Å². The molecule has 1 atom stereocenters. The topological polar surface area (TPSA) is 61.4 Å². The Balaban J connectivity index is 2.49. The highest BCUT2D eigenvalue weighted by Crippen LogP contribution is 2.15. The fourth-order valence-electron chi connectivity index (χ4n) is 2.18. The number of likely N-dealkylation sites (N-methyl/N-ethyl adjacent to an activating group) is 1. The van der Waals surface area contributed by atoms with Crippen LogP contribution in [-0.2, 0) is 9.59 Å². The van der Waals surface area contributed by atoms with E-state index in [0.29, 0.717) is 11.6 Å². The van der Waals surface area contributed by atoms with E-state index in [1.54, 1.807) is 12.1 Å². The van der Waals surface area contributed by atoms with Crippen molar-refractivity contribution in [3.8, 4) is 0 Å². The summed E-state index contributed by atoms with van der Waals surface area (Å²) >= 11 is 5.86. The minimum Gasteiger partial charge on any atom is -0.353 e. The third-order valence-electron chi connectivity index (χ3n) is 3.38. The molecule has 0 aromatic heterocycles. The molecule has 0 radical (unpaired) electrons. The lowest BCUT2D eigenvalue weighted by Gasteiger charge is -2.22. The summed E-state index contributed by atoms with van der Waals surface area (Å²) in [5, 5.41) is 6.43. The van der Waals surface area contributed by atoms with Gasteiger partial charge in [-0.3, -0.25) is 14.5 Å². The van der Waals surface area contributed by atoms with Crippen LogP contribution in [0.25, 0.3) is 0 Å². The summed E-state index contributed by atoms with van der Waals surface area (Å²) in [6.07, 6.45) is 0. The van der Waals surface area contributed by atoms with Gasteiger partial charge < -0.3 is 10.6 Å². The SMILES string of the molecule is CCN(CC(=O)NC(C)C)CC(=O)N[C@H](C)c1ccc(Cl)cc1. The first-order valence-electron chi connectivity index (χ1n) is 7.88. The summed E-state index contributed by atoms with van der Waals surface area (Å²) in [7, 11) is 0. The third kappa shape index (κ3) is 7.48. The zero-order valence-electron chi connectivity index (χ0n) is 14.2. The third-order valence-corrected chi connectivity index (χ3v) is 3.63. The fraction of sp³-hybridized carbons (Fsp3) is 0.529. The molecule has 0 fully saturated rings. The Labute approximate surface area is 143 Å². The number of amides is 2. The summed E-state index contributed by atoms with van der Waals surface area (Å²) in [6.45, 7) is 8.72. The molecule has 0 saturated heterocycles. The van der Waals surface area contributed by atoms with Crippen LogP contribution in [0.1, 0.15) is 39.3 Å². The fourth-order valence-corrected chi connectivity index (χ4v) is 2.30. The molecule has 23 heavy (non-hydrogen) atoms. The molecule has 0 aliphatic heterocycles. The maximum atomic E-state index is 12.2. The number of carbonyl (C=O) groups excluding carboxylic acids is 2. The lowest BCUT2D eigenvalue weighted by Crippen LogP contribution is -2.44. The molecule has 0 spiro atoms. The molecule has 0 bridgehead atoms. The maximum absolute atomic E-state index is 12.2. The van der Waals surface area contributed by atoms with Gasteiger partial charge in [-0.1, -0.05) is 30.7 Å². The van der Waals surface area contributed by atoms with Gasteiger partial charge in [0, 0.05) is 11.1 Å². The van der Waals surface area contributed by atoms with Crippen LogP contribution in [0.5, 0.6) is 0 Å². The Morgan fingerprint density at radius 3 is 2.04 bits per heavy atom. The van der Waals surface area contributed by atoms with Crippen molar-refractivity contribution >= 4 is 23.4 Å². The monoisotopic (exact) mass is 339 g/mol. The number of hydrogen-bond donors (Lipinski definition) is 2. The number of hydrogen-bond acceptors (Lipinski definition) is 3. The second-order valence-corrected chi connectivity index (χ2v) is 6.30. The normalized spacial score (nSPS) is 12.3. The number of benzene rings is 1. The Kier molecular flexibility index (Phi) is 8.06. The molecule has 1 aromatic carbocycles. The minimum absolute atomic E-state index is 0.0691. The highest BCUT2D eigenvalue weighted by Gasteiger charge is 2.15. The quantitative estimate of drug-likeness (QED) is 0.764. The van der Waals surface area contributed by atoms with E-state index in [1.165, 1.54) is 0 Å². The Hall–Kier alpha value is -1.59. The van der Waals surface area contributed by atoms with Crippen molar-refractivity contribution in [2.45, 2.75) is 39.8 Å². The zero-order chi connectivity index (χ0) is 17.4. The molecule has 6 heteroatoms. The van der Waals surface area contributed by atoms with E-state index in [0.717, 1.165) is 5.56 Å². The second kappa shape index (κ2) is 9.53. The summed E-state index contributed by atoms with van der Waals surface area (Å²) < 4.78 is 0. The smallest absolute Gasteiger partial charge is 0.234 e. The molecule has 0 aliphatic carbocycles. The second-order valence-electron chi connectivity index (χ2n) is 5.87. The first-order valence-corrected chi connectivity index (χ1v) is 8.26.